The molecule has 0 bridgehead atoms. The number of carbonyl (C=O) groups is 1. The van der Waals surface area contributed by atoms with Crippen molar-refractivity contribution in [2.24, 2.45) is 22.7 Å². The van der Waals surface area contributed by atoms with E-state index in [0.29, 0.717) is 12.0 Å². The zero-order valence-corrected chi connectivity index (χ0v) is 8.40. The molecule has 1 aliphatic heterocycles. The van der Waals surface area contributed by atoms with Gasteiger partial charge in [-0.3, -0.25) is 0 Å². The second-order valence-corrected chi connectivity index (χ2v) is 4.26. The van der Waals surface area contributed by atoms with Crippen LogP contribution in [0, 0.1) is 11.8 Å². The van der Waals surface area contributed by atoms with Crippen molar-refractivity contribution in [2.45, 2.75) is 38.6 Å². The first-order valence-electron chi connectivity index (χ1n) is 5.22. The third kappa shape index (κ3) is 1.66. The summed E-state index contributed by atoms with van der Waals surface area (Å²) in [4.78, 5) is 15.8. The highest BCUT2D eigenvalue weighted by atomic mass is 16.7. The van der Waals surface area contributed by atoms with E-state index in [4.69, 9.17) is 5.73 Å². The van der Waals surface area contributed by atoms with E-state index in [-0.39, 0.29) is 11.9 Å². The zero-order valence-electron chi connectivity index (χ0n) is 8.40. The van der Waals surface area contributed by atoms with Crippen molar-refractivity contribution in [1.82, 2.24) is 0 Å². The second-order valence-electron chi connectivity index (χ2n) is 4.26. The number of nitrogens with two attached hydrogens (primary N) is 1. The monoisotopic (exact) mass is 196 g/mol. The van der Waals surface area contributed by atoms with Crippen LogP contribution in [0.25, 0.3) is 0 Å². The first kappa shape index (κ1) is 9.65. The minimum atomic E-state index is -0.213. The Morgan fingerprint density at radius 3 is 2.50 bits per heavy atom. The highest BCUT2D eigenvalue weighted by Crippen LogP contribution is 2.29. The van der Waals surface area contributed by atoms with Gasteiger partial charge in [0.15, 0.2) is 0 Å². The van der Waals surface area contributed by atoms with E-state index in [1.807, 2.05) is 6.92 Å². The number of hydrogen-bond donors (Lipinski definition) is 1. The van der Waals surface area contributed by atoms with Crippen LogP contribution < -0.4 is 5.73 Å². The number of carbonyl (C=O) groups excluding carboxylic acids is 1. The molecule has 0 aromatic rings. The van der Waals surface area contributed by atoms with Gasteiger partial charge in [0.05, 0.1) is 11.6 Å². The third-order valence-electron chi connectivity index (χ3n) is 3.23. The predicted octanol–water partition coefficient (Wildman–Crippen LogP) is 1.05. The number of nitrogens with zero attached hydrogens (tertiary/aromatic N) is 1. The summed E-state index contributed by atoms with van der Waals surface area (Å²) in [7, 11) is 0. The molecule has 1 heterocycles. The molecule has 0 aromatic carbocycles. The normalized spacial score (nSPS) is 38.0. The second kappa shape index (κ2) is 3.69. The Labute approximate surface area is 83.5 Å². The summed E-state index contributed by atoms with van der Waals surface area (Å²) in [6.45, 7) is 1.86. The number of oxime groups is 1. The lowest BCUT2D eigenvalue weighted by molar-refractivity contribution is -0.142. The van der Waals surface area contributed by atoms with Crippen molar-refractivity contribution >= 4 is 11.7 Å². The van der Waals surface area contributed by atoms with Gasteiger partial charge in [-0.05, 0) is 32.6 Å². The largest absolute Gasteiger partial charge is 0.343 e. The van der Waals surface area contributed by atoms with Gasteiger partial charge in [-0.15, -0.1) is 0 Å². The lowest BCUT2D eigenvalue weighted by atomic mass is 9.80. The van der Waals surface area contributed by atoms with Gasteiger partial charge in [0.25, 0.3) is 0 Å². The summed E-state index contributed by atoms with van der Waals surface area (Å²) in [5.41, 5.74) is 6.75. The Morgan fingerprint density at radius 2 is 2.00 bits per heavy atom. The number of hydrogen-bond acceptors (Lipinski definition) is 4. The van der Waals surface area contributed by atoms with Gasteiger partial charge in [-0.25, -0.2) is 4.79 Å². The quantitative estimate of drug-likeness (QED) is 0.637. The smallest absolute Gasteiger partial charge is 0.328 e. The van der Waals surface area contributed by atoms with E-state index in [1.165, 1.54) is 0 Å². The van der Waals surface area contributed by atoms with Crippen LogP contribution in [0.4, 0.5) is 0 Å². The molecule has 78 valence electrons. The fraction of sp³-hybridized carbons (Fsp3) is 0.800. The maximum atomic E-state index is 11.1. The summed E-state index contributed by atoms with van der Waals surface area (Å²) < 4.78 is 0. The van der Waals surface area contributed by atoms with Gasteiger partial charge in [0.1, 0.15) is 0 Å². The van der Waals surface area contributed by atoms with Crippen LogP contribution in [-0.2, 0) is 9.63 Å². The van der Waals surface area contributed by atoms with Gasteiger partial charge >= 0.3 is 5.97 Å². The lowest BCUT2D eigenvalue weighted by Crippen LogP contribution is -2.32. The Bertz CT molecular complexity index is 267. The average molecular weight is 196 g/mol. The minimum absolute atomic E-state index is 0.144. The summed E-state index contributed by atoms with van der Waals surface area (Å²) in [5, 5.41) is 3.87. The Morgan fingerprint density at radius 1 is 1.36 bits per heavy atom. The van der Waals surface area contributed by atoms with E-state index < -0.39 is 0 Å². The third-order valence-corrected chi connectivity index (χ3v) is 3.23. The molecule has 1 aliphatic carbocycles. The van der Waals surface area contributed by atoms with Gasteiger partial charge in [-0.1, -0.05) is 5.16 Å². The summed E-state index contributed by atoms with van der Waals surface area (Å²) in [6.07, 6.45) is 4.15. The van der Waals surface area contributed by atoms with Crippen molar-refractivity contribution in [2.75, 3.05) is 0 Å². The Balaban J connectivity index is 1.99. The standard InChI is InChI=1S/C10H16N2O2/c1-6-9(12-14-10(6)13)7-2-4-8(11)5-3-7/h6-8H,2-5,11H2,1H3. The zero-order chi connectivity index (χ0) is 10.1. The highest BCUT2D eigenvalue weighted by Gasteiger charge is 2.35. The van der Waals surface area contributed by atoms with E-state index >= 15 is 0 Å². The fourth-order valence-electron chi connectivity index (χ4n) is 2.22. The molecule has 1 unspecified atom stereocenters. The van der Waals surface area contributed by atoms with Crippen LogP contribution in [0.3, 0.4) is 0 Å². The molecule has 1 fully saturated rings. The van der Waals surface area contributed by atoms with Gasteiger partial charge in [0, 0.05) is 12.0 Å². The average Bonchev–Trinajstić information content (AvgIpc) is 2.50. The molecule has 1 saturated carbocycles. The van der Waals surface area contributed by atoms with Crippen molar-refractivity contribution in [3.05, 3.63) is 0 Å². The van der Waals surface area contributed by atoms with Gasteiger partial charge < -0.3 is 10.6 Å². The molecule has 14 heavy (non-hydrogen) atoms. The molecule has 0 spiro atoms. The molecule has 2 rings (SSSR count). The molecular weight excluding hydrogens is 180 g/mol. The topological polar surface area (TPSA) is 64.7 Å². The van der Waals surface area contributed by atoms with Crippen LogP contribution in [0.2, 0.25) is 0 Å². The predicted molar refractivity (Wildman–Crippen MR) is 52.6 cm³/mol. The van der Waals surface area contributed by atoms with E-state index in [9.17, 15) is 4.79 Å². The van der Waals surface area contributed by atoms with Gasteiger partial charge in [-0.2, -0.15) is 0 Å². The van der Waals surface area contributed by atoms with E-state index in [1.54, 1.807) is 0 Å². The summed E-state index contributed by atoms with van der Waals surface area (Å²) >= 11 is 0. The van der Waals surface area contributed by atoms with E-state index in [0.717, 1.165) is 31.4 Å². The highest BCUT2D eigenvalue weighted by molar-refractivity contribution is 6.05. The fourth-order valence-corrected chi connectivity index (χ4v) is 2.22. The van der Waals surface area contributed by atoms with E-state index in [2.05, 4.69) is 9.99 Å². The Hall–Kier alpha value is -0.900. The van der Waals surface area contributed by atoms with Crippen LogP contribution >= 0.6 is 0 Å². The van der Waals surface area contributed by atoms with Crippen molar-refractivity contribution in [1.29, 1.82) is 0 Å². The first-order chi connectivity index (χ1) is 6.68. The summed E-state index contributed by atoms with van der Waals surface area (Å²) in [6, 6.07) is 0.333. The molecule has 1 atom stereocenters. The maximum absolute atomic E-state index is 11.1. The van der Waals surface area contributed by atoms with Crippen LogP contribution in [0.15, 0.2) is 5.16 Å². The van der Waals surface area contributed by atoms with Crippen LogP contribution in [0.5, 0.6) is 0 Å². The minimum Gasteiger partial charge on any atom is -0.328 e. The summed E-state index contributed by atoms with van der Waals surface area (Å²) in [5.74, 6) is 0.0560. The molecule has 2 aliphatic rings. The van der Waals surface area contributed by atoms with Crippen molar-refractivity contribution in [3.8, 4) is 0 Å². The molecule has 4 nitrogen and oxygen atoms in total. The molecule has 0 radical (unpaired) electrons. The molecular formula is C10H16N2O2. The molecule has 4 heteroatoms. The van der Waals surface area contributed by atoms with Crippen LogP contribution in [0.1, 0.15) is 32.6 Å². The van der Waals surface area contributed by atoms with Crippen molar-refractivity contribution in [3.63, 3.8) is 0 Å². The molecule has 2 N–H and O–H groups in total. The SMILES string of the molecule is CC1C(=O)ON=C1C1CCC(N)CC1. The molecule has 0 saturated heterocycles. The Kier molecular flexibility index (Phi) is 2.54. The maximum Gasteiger partial charge on any atom is 0.343 e. The van der Waals surface area contributed by atoms with Crippen LogP contribution in [-0.4, -0.2) is 17.7 Å². The van der Waals surface area contributed by atoms with Crippen molar-refractivity contribution < 1.29 is 9.63 Å². The van der Waals surface area contributed by atoms with Gasteiger partial charge in [0.2, 0.25) is 0 Å². The molecule has 0 amide bonds. The molecule has 0 aromatic heterocycles. The first-order valence-corrected chi connectivity index (χ1v) is 5.22. The lowest BCUT2D eigenvalue weighted by Gasteiger charge is -2.26. The number of rotatable bonds is 1.